The Labute approximate surface area is 85.9 Å². The molecule has 0 aromatic carbocycles. The molecule has 12 heavy (non-hydrogen) atoms. The van der Waals surface area contributed by atoms with E-state index in [0.717, 1.165) is 0 Å². The topological polar surface area (TPSA) is 59.3 Å². The predicted molar refractivity (Wildman–Crippen MR) is 54.3 cm³/mol. The normalized spacial score (nSPS) is 13.8. The van der Waals surface area contributed by atoms with Crippen LogP contribution in [-0.2, 0) is 13.6 Å². The first-order valence-corrected chi connectivity index (χ1v) is 6.39. The highest BCUT2D eigenvalue weighted by molar-refractivity contribution is 14.1. The molecule has 0 radical (unpaired) electrons. The molecule has 0 aromatic rings. The van der Waals surface area contributed by atoms with Crippen LogP contribution < -0.4 is 0 Å². The number of halogens is 1. The molecule has 0 aliphatic carbocycles. The fourth-order valence-electron chi connectivity index (χ4n) is 0.599. The van der Waals surface area contributed by atoms with Gasteiger partial charge in [-0.05, 0) is 13.8 Å². The molecule has 0 heterocycles. The van der Waals surface area contributed by atoms with Crippen molar-refractivity contribution in [3.63, 3.8) is 0 Å². The summed E-state index contributed by atoms with van der Waals surface area (Å²) in [6, 6.07) is 1.85. The molecule has 1 atom stereocenters. The lowest BCUT2D eigenvalue weighted by molar-refractivity contribution is 0.222. The quantitative estimate of drug-likeness (QED) is 0.445. The van der Waals surface area contributed by atoms with E-state index in [4.69, 9.17) is 14.3 Å². The van der Waals surface area contributed by atoms with Gasteiger partial charge in [0.15, 0.2) is 3.67 Å². The minimum absolute atomic E-state index is 0.290. The molecule has 0 N–H and O–H groups in total. The zero-order chi connectivity index (χ0) is 9.61. The second kappa shape index (κ2) is 5.92. The van der Waals surface area contributed by atoms with Gasteiger partial charge in [-0.15, -0.1) is 0 Å². The SMILES string of the molecule is CCOP(=O)(OCC)C(I)C#N. The lowest BCUT2D eigenvalue weighted by Crippen LogP contribution is -2.04. The molecule has 0 spiro atoms. The first-order chi connectivity index (χ1) is 5.60. The van der Waals surface area contributed by atoms with Gasteiger partial charge in [0.25, 0.3) is 0 Å². The van der Waals surface area contributed by atoms with Crippen molar-refractivity contribution in [2.24, 2.45) is 0 Å². The van der Waals surface area contributed by atoms with Crippen LogP contribution in [0.2, 0.25) is 0 Å². The van der Waals surface area contributed by atoms with Crippen molar-refractivity contribution >= 4 is 30.2 Å². The molecular weight excluding hydrogens is 292 g/mol. The third-order valence-corrected chi connectivity index (χ3v) is 5.23. The largest absolute Gasteiger partial charge is 0.357 e. The molecule has 70 valence electrons. The molecule has 4 nitrogen and oxygen atoms in total. The number of hydrogen-bond acceptors (Lipinski definition) is 4. The molecule has 0 saturated heterocycles. The molecule has 0 saturated carbocycles. The molecule has 0 rings (SSSR count). The minimum Gasteiger partial charge on any atom is -0.307 e. The zero-order valence-corrected chi connectivity index (χ0v) is 10.0. The minimum atomic E-state index is -3.18. The van der Waals surface area contributed by atoms with Gasteiger partial charge in [-0.1, -0.05) is 22.6 Å². The molecule has 0 bridgehead atoms. The van der Waals surface area contributed by atoms with Crippen molar-refractivity contribution in [3.05, 3.63) is 0 Å². The predicted octanol–water partition coefficient (Wildman–Crippen LogP) is 2.54. The van der Waals surface area contributed by atoms with E-state index >= 15 is 0 Å². The van der Waals surface area contributed by atoms with Crippen molar-refractivity contribution in [1.29, 1.82) is 5.26 Å². The number of hydrogen-bond donors (Lipinski definition) is 0. The Hall–Kier alpha value is 0.370. The van der Waals surface area contributed by atoms with Crippen molar-refractivity contribution in [2.45, 2.75) is 17.5 Å². The number of nitriles is 1. The van der Waals surface area contributed by atoms with Gasteiger partial charge in [-0.25, -0.2) is 0 Å². The van der Waals surface area contributed by atoms with Gasteiger partial charge in [-0.2, -0.15) is 5.26 Å². The van der Waals surface area contributed by atoms with E-state index in [-0.39, 0.29) is 0 Å². The Morgan fingerprint density at radius 2 is 1.92 bits per heavy atom. The zero-order valence-electron chi connectivity index (χ0n) is 6.99. The standard InChI is InChI=1S/C6H11INO3P/c1-3-10-12(9,11-4-2)6(7)5-8/h6H,3-4H2,1-2H3. The summed E-state index contributed by atoms with van der Waals surface area (Å²) < 4.78 is 20.8. The van der Waals surface area contributed by atoms with E-state index in [9.17, 15) is 4.57 Å². The smallest absolute Gasteiger partial charge is 0.307 e. The molecule has 1 unspecified atom stereocenters. The third-order valence-electron chi connectivity index (χ3n) is 1.00. The Morgan fingerprint density at radius 1 is 1.50 bits per heavy atom. The van der Waals surface area contributed by atoms with E-state index in [0.29, 0.717) is 13.2 Å². The van der Waals surface area contributed by atoms with Crippen LogP contribution in [0.15, 0.2) is 0 Å². The summed E-state index contributed by atoms with van der Waals surface area (Å²) in [6.45, 7) is 4.01. The van der Waals surface area contributed by atoms with Crippen LogP contribution in [0.25, 0.3) is 0 Å². The van der Waals surface area contributed by atoms with Crippen LogP contribution in [0.1, 0.15) is 13.8 Å². The van der Waals surface area contributed by atoms with E-state index in [1.165, 1.54) is 0 Å². The molecule has 0 fully saturated rings. The van der Waals surface area contributed by atoms with Gasteiger partial charge in [-0.3, -0.25) is 4.57 Å². The van der Waals surface area contributed by atoms with Gasteiger partial charge in [0, 0.05) is 0 Å². The first kappa shape index (κ1) is 12.4. The maximum Gasteiger partial charge on any atom is 0.357 e. The first-order valence-electron chi connectivity index (χ1n) is 3.53. The fourth-order valence-corrected chi connectivity index (χ4v) is 2.76. The summed E-state index contributed by atoms with van der Waals surface area (Å²) in [4.78, 5) is 0. The van der Waals surface area contributed by atoms with Crippen LogP contribution >= 0.6 is 30.2 Å². The summed E-state index contributed by atoms with van der Waals surface area (Å²) in [6.07, 6.45) is 0. The van der Waals surface area contributed by atoms with Gasteiger partial charge < -0.3 is 9.05 Å². The lowest BCUT2D eigenvalue weighted by Gasteiger charge is -2.17. The number of nitrogens with zero attached hydrogens (tertiary/aromatic N) is 1. The molecule has 0 aromatic heterocycles. The van der Waals surface area contributed by atoms with Crippen LogP contribution in [0, 0.1) is 11.3 Å². The monoisotopic (exact) mass is 303 g/mol. The summed E-state index contributed by atoms with van der Waals surface area (Å²) in [5, 5.41) is 8.53. The maximum atomic E-state index is 11.7. The van der Waals surface area contributed by atoms with Gasteiger partial charge in [0.2, 0.25) is 0 Å². The Balaban J connectivity index is 4.40. The van der Waals surface area contributed by atoms with Crippen LogP contribution in [0.5, 0.6) is 0 Å². The highest BCUT2D eigenvalue weighted by atomic mass is 127. The van der Waals surface area contributed by atoms with E-state index in [1.807, 2.05) is 6.07 Å². The maximum absolute atomic E-state index is 11.7. The summed E-state index contributed by atoms with van der Waals surface area (Å²) in [5.74, 6) is 0. The Kier molecular flexibility index (Phi) is 6.10. The molecule has 6 heteroatoms. The summed E-state index contributed by atoms with van der Waals surface area (Å²) in [7, 11) is -3.18. The molecule has 0 aliphatic heterocycles. The van der Waals surface area contributed by atoms with Crippen LogP contribution in [0.3, 0.4) is 0 Å². The van der Waals surface area contributed by atoms with Crippen molar-refractivity contribution < 1.29 is 13.6 Å². The number of rotatable bonds is 5. The molecular formula is C6H11INO3P. The van der Waals surface area contributed by atoms with Gasteiger partial charge in [0.1, 0.15) is 0 Å². The van der Waals surface area contributed by atoms with E-state index in [2.05, 4.69) is 0 Å². The third kappa shape index (κ3) is 3.40. The van der Waals surface area contributed by atoms with Crippen molar-refractivity contribution in [2.75, 3.05) is 13.2 Å². The highest BCUT2D eigenvalue weighted by Crippen LogP contribution is 2.55. The second-order valence-corrected chi connectivity index (χ2v) is 6.18. The fraction of sp³-hybridized carbons (Fsp3) is 0.833. The van der Waals surface area contributed by atoms with Crippen molar-refractivity contribution in [1.82, 2.24) is 0 Å². The summed E-state index contributed by atoms with van der Waals surface area (Å²) in [5.41, 5.74) is 0. The van der Waals surface area contributed by atoms with Crippen LogP contribution in [0.4, 0.5) is 0 Å². The summed E-state index contributed by atoms with van der Waals surface area (Å²) >= 11 is 1.76. The second-order valence-electron chi connectivity index (χ2n) is 1.84. The average Bonchev–Trinajstić information content (AvgIpc) is 2.04. The van der Waals surface area contributed by atoms with Crippen LogP contribution in [-0.4, -0.2) is 16.9 Å². The molecule has 0 aliphatic rings. The highest BCUT2D eigenvalue weighted by Gasteiger charge is 2.33. The van der Waals surface area contributed by atoms with Gasteiger partial charge in [0.05, 0.1) is 19.3 Å². The van der Waals surface area contributed by atoms with E-state index in [1.54, 1.807) is 36.4 Å². The van der Waals surface area contributed by atoms with E-state index < -0.39 is 11.3 Å². The Bertz CT molecular complexity index is 205. The lowest BCUT2D eigenvalue weighted by atomic mass is 10.9. The average molecular weight is 303 g/mol. The Morgan fingerprint density at radius 3 is 2.17 bits per heavy atom. The van der Waals surface area contributed by atoms with Crippen molar-refractivity contribution in [3.8, 4) is 6.07 Å². The molecule has 0 amide bonds. The number of alkyl halides is 1. The van der Waals surface area contributed by atoms with Gasteiger partial charge >= 0.3 is 7.60 Å².